The number of hydrogen-bond donors (Lipinski definition) is 1. The number of hydrogen-bond acceptors (Lipinski definition) is 5. The van der Waals surface area contributed by atoms with Crippen LogP contribution in [0.2, 0.25) is 0 Å². The van der Waals surface area contributed by atoms with Gasteiger partial charge in [0.15, 0.2) is 11.3 Å². The van der Waals surface area contributed by atoms with Gasteiger partial charge in [0.2, 0.25) is 0 Å². The molecule has 1 atom stereocenters. The van der Waals surface area contributed by atoms with Crippen LogP contribution in [0, 0.1) is 13.8 Å². The summed E-state index contributed by atoms with van der Waals surface area (Å²) in [6.07, 6.45) is -0.586. The second-order valence-electron chi connectivity index (χ2n) is 7.03. The Kier molecular flexibility index (Phi) is 5.13. The van der Waals surface area contributed by atoms with E-state index in [2.05, 4.69) is 20.6 Å². The van der Waals surface area contributed by atoms with Crippen LogP contribution >= 0.6 is 11.8 Å². The van der Waals surface area contributed by atoms with Crippen molar-refractivity contribution in [1.29, 1.82) is 0 Å². The summed E-state index contributed by atoms with van der Waals surface area (Å²) in [6.45, 7) is 7.53. The van der Waals surface area contributed by atoms with E-state index < -0.39 is 6.10 Å². The molecular formula is C22H23N3O2S. The smallest absolute Gasteiger partial charge is 0.265 e. The normalized spacial score (nSPS) is 16.3. The third-order valence-electron chi connectivity index (χ3n) is 4.83. The summed E-state index contributed by atoms with van der Waals surface area (Å²) >= 11 is 1.67. The van der Waals surface area contributed by atoms with Crippen molar-refractivity contribution in [3.05, 3.63) is 64.6 Å². The topological polar surface area (TPSA) is 53.9 Å². The number of carbonyl (C=O) groups excluding carboxylic acids is 1. The SMILES string of the molecule is Cc1ccc(C)c(OC(C)C(=O)Nc2ccc(C3=CSC4=NCCN34)cc2)c1. The van der Waals surface area contributed by atoms with Gasteiger partial charge >= 0.3 is 0 Å². The predicted octanol–water partition coefficient (Wildman–Crippen LogP) is 4.43. The van der Waals surface area contributed by atoms with Crippen LogP contribution in [0.3, 0.4) is 0 Å². The Balaban J connectivity index is 1.39. The second kappa shape index (κ2) is 7.72. The number of anilines is 1. The molecule has 1 unspecified atom stereocenters. The lowest BCUT2D eigenvalue weighted by molar-refractivity contribution is -0.122. The van der Waals surface area contributed by atoms with Crippen LogP contribution in [0.15, 0.2) is 52.9 Å². The number of carbonyl (C=O) groups is 1. The van der Waals surface area contributed by atoms with Gasteiger partial charge in [-0.3, -0.25) is 9.79 Å². The molecule has 0 saturated carbocycles. The number of thioether (sulfide) groups is 1. The molecule has 4 rings (SSSR count). The number of aryl methyl sites for hydroxylation is 2. The molecule has 1 N–H and O–H groups in total. The van der Waals surface area contributed by atoms with Crippen molar-refractivity contribution in [2.75, 3.05) is 18.4 Å². The monoisotopic (exact) mass is 393 g/mol. The quantitative estimate of drug-likeness (QED) is 0.817. The number of nitrogens with zero attached hydrogens (tertiary/aromatic N) is 2. The molecule has 2 aromatic carbocycles. The molecule has 2 aliphatic heterocycles. The summed E-state index contributed by atoms with van der Waals surface area (Å²) in [5.41, 5.74) is 5.17. The third kappa shape index (κ3) is 3.78. The minimum Gasteiger partial charge on any atom is -0.481 e. The van der Waals surface area contributed by atoms with Gasteiger partial charge in [0, 0.05) is 17.6 Å². The van der Waals surface area contributed by atoms with Crippen LogP contribution in [0.5, 0.6) is 5.75 Å². The lowest BCUT2D eigenvalue weighted by Gasteiger charge is -2.18. The first-order valence-electron chi connectivity index (χ1n) is 9.35. The van der Waals surface area contributed by atoms with E-state index in [1.165, 1.54) is 5.70 Å². The highest BCUT2D eigenvalue weighted by Gasteiger charge is 2.27. The number of fused-ring (bicyclic) bond motifs is 1. The molecule has 0 aromatic heterocycles. The van der Waals surface area contributed by atoms with Crippen LogP contribution in [0.25, 0.3) is 5.70 Å². The van der Waals surface area contributed by atoms with Crippen LogP contribution in [0.1, 0.15) is 23.6 Å². The maximum Gasteiger partial charge on any atom is 0.265 e. The molecule has 2 aliphatic rings. The van der Waals surface area contributed by atoms with E-state index in [4.69, 9.17) is 4.74 Å². The Bertz CT molecular complexity index is 966. The molecule has 0 fully saturated rings. The fraction of sp³-hybridized carbons (Fsp3) is 0.273. The molecule has 28 heavy (non-hydrogen) atoms. The Morgan fingerprint density at radius 3 is 2.79 bits per heavy atom. The van der Waals surface area contributed by atoms with E-state index in [-0.39, 0.29) is 5.91 Å². The van der Waals surface area contributed by atoms with Crippen LogP contribution in [-0.4, -0.2) is 35.2 Å². The molecular weight excluding hydrogens is 370 g/mol. The third-order valence-corrected chi connectivity index (χ3v) is 5.73. The highest BCUT2D eigenvalue weighted by atomic mass is 32.2. The number of nitrogens with one attached hydrogen (secondary N) is 1. The molecule has 1 amide bonds. The van der Waals surface area contributed by atoms with E-state index in [0.717, 1.165) is 46.4 Å². The number of rotatable bonds is 5. The summed E-state index contributed by atoms with van der Waals surface area (Å²) in [4.78, 5) is 19.2. The van der Waals surface area contributed by atoms with Crippen molar-refractivity contribution in [3.8, 4) is 5.75 Å². The zero-order chi connectivity index (χ0) is 19.7. The molecule has 5 nitrogen and oxygen atoms in total. The fourth-order valence-electron chi connectivity index (χ4n) is 3.19. The average molecular weight is 394 g/mol. The summed E-state index contributed by atoms with van der Waals surface area (Å²) in [7, 11) is 0. The predicted molar refractivity (Wildman–Crippen MR) is 116 cm³/mol. The number of aliphatic imine (C=N–C) groups is 1. The molecule has 2 aromatic rings. The summed E-state index contributed by atoms with van der Waals surface area (Å²) < 4.78 is 5.87. The maximum absolute atomic E-state index is 12.5. The Morgan fingerprint density at radius 1 is 1.21 bits per heavy atom. The van der Waals surface area contributed by atoms with E-state index in [1.807, 2.05) is 56.3 Å². The molecule has 0 radical (unpaired) electrons. The minimum atomic E-state index is -0.586. The van der Waals surface area contributed by atoms with Crippen LogP contribution in [0.4, 0.5) is 5.69 Å². The standard InChI is InChI=1S/C22H23N3O2S/c1-14-4-5-15(2)20(12-14)27-16(3)21(26)24-18-8-6-17(7-9-18)19-13-28-22-23-10-11-25(19)22/h4-9,12-13,16H,10-11H2,1-3H3,(H,24,26). The van der Waals surface area contributed by atoms with Gasteiger partial charge in [-0.15, -0.1) is 0 Å². The molecule has 2 heterocycles. The van der Waals surface area contributed by atoms with Crippen LogP contribution in [-0.2, 0) is 4.79 Å². The van der Waals surface area contributed by atoms with Gasteiger partial charge < -0.3 is 15.0 Å². The molecule has 144 valence electrons. The fourth-order valence-corrected chi connectivity index (χ4v) is 4.16. The van der Waals surface area contributed by atoms with E-state index in [0.29, 0.717) is 0 Å². The van der Waals surface area contributed by atoms with Crippen molar-refractivity contribution < 1.29 is 9.53 Å². The van der Waals surface area contributed by atoms with Gasteiger partial charge in [-0.2, -0.15) is 0 Å². The molecule has 6 heteroatoms. The number of benzene rings is 2. The minimum absolute atomic E-state index is 0.168. The Labute approximate surface area is 169 Å². The maximum atomic E-state index is 12.5. The summed E-state index contributed by atoms with van der Waals surface area (Å²) in [5, 5.41) is 6.14. The van der Waals surface area contributed by atoms with Gasteiger partial charge in [-0.1, -0.05) is 36.0 Å². The lowest BCUT2D eigenvalue weighted by atomic mass is 10.1. The van der Waals surface area contributed by atoms with E-state index >= 15 is 0 Å². The molecule has 0 aliphatic carbocycles. The van der Waals surface area contributed by atoms with E-state index in [1.54, 1.807) is 18.7 Å². The van der Waals surface area contributed by atoms with Crippen molar-refractivity contribution in [2.45, 2.75) is 26.9 Å². The summed E-state index contributed by atoms with van der Waals surface area (Å²) in [5.74, 6) is 0.574. The van der Waals surface area contributed by atoms with Crippen LogP contribution < -0.4 is 10.1 Å². The van der Waals surface area contributed by atoms with Gasteiger partial charge in [0.05, 0.1) is 12.2 Å². The van der Waals surface area contributed by atoms with Crippen molar-refractivity contribution >= 4 is 34.2 Å². The van der Waals surface area contributed by atoms with E-state index in [9.17, 15) is 4.79 Å². The Morgan fingerprint density at radius 2 is 2.00 bits per heavy atom. The highest BCUT2D eigenvalue weighted by molar-refractivity contribution is 8.16. The number of amides is 1. The second-order valence-corrected chi connectivity index (χ2v) is 7.87. The largest absolute Gasteiger partial charge is 0.481 e. The lowest BCUT2D eigenvalue weighted by Crippen LogP contribution is -2.30. The number of ether oxygens (including phenoxy) is 1. The van der Waals surface area contributed by atoms with Gasteiger partial charge in [0.25, 0.3) is 5.91 Å². The molecule has 0 saturated heterocycles. The van der Waals surface area contributed by atoms with Gasteiger partial charge in [0.1, 0.15) is 5.75 Å². The molecule has 0 spiro atoms. The first-order valence-corrected chi connectivity index (χ1v) is 10.2. The zero-order valence-electron chi connectivity index (χ0n) is 16.2. The zero-order valence-corrected chi connectivity index (χ0v) is 17.0. The average Bonchev–Trinajstić information content (AvgIpc) is 3.29. The first kappa shape index (κ1) is 18.6. The Hall–Kier alpha value is -2.73. The molecule has 0 bridgehead atoms. The summed E-state index contributed by atoms with van der Waals surface area (Å²) in [6, 6.07) is 13.9. The van der Waals surface area contributed by atoms with Crippen molar-refractivity contribution in [2.24, 2.45) is 4.99 Å². The van der Waals surface area contributed by atoms with Gasteiger partial charge in [-0.05, 0) is 55.7 Å². The van der Waals surface area contributed by atoms with Crippen molar-refractivity contribution in [1.82, 2.24) is 4.90 Å². The van der Waals surface area contributed by atoms with Gasteiger partial charge in [-0.25, -0.2) is 0 Å². The van der Waals surface area contributed by atoms with Crippen molar-refractivity contribution in [3.63, 3.8) is 0 Å². The highest BCUT2D eigenvalue weighted by Crippen LogP contribution is 2.35. The first-order chi connectivity index (χ1) is 13.5. The number of amidine groups is 1.